The number of likely N-dealkylation sites (tertiary alicyclic amines) is 1. The SMILES string of the molecule is CC1(C)C[C@H]2C[C@@](C)(CN2C(=O)c2cc3c(s2)CCC3)C1. The molecule has 2 atom stereocenters. The van der Waals surface area contributed by atoms with Crippen molar-refractivity contribution in [2.45, 2.75) is 65.3 Å². The van der Waals surface area contributed by atoms with Crippen molar-refractivity contribution in [2.24, 2.45) is 10.8 Å². The molecule has 4 rings (SSSR count). The molecular weight excluding hydrogens is 278 g/mol. The van der Waals surface area contributed by atoms with Crippen molar-refractivity contribution >= 4 is 17.2 Å². The number of hydrogen-bond donors (Lipinski definition) is 0. The second kappa shape index (κ2) is 4.34. The van der Waals surface area contributed by atoms with E-state index in [2.05, 4.69) is 31.7 Å². The van der Waals surface area contributed by atoms with Crippen molar-refractivity contribution < 1.29 is 4.79 Å². The maximum absolute atomic E-state index is 13.0. The number of hydrogen-bond acceptors (Lipinski definition) is 2. The number of thiophene rings is 1. The Hall–Kier alpha value is -0.830. The van der Waals surface area contributed by atoms with Crippen molar-refractivity contribution in [3.8, 4) is 0 Å². The standard InChI is InChI=1S/C18H25NOS/c1-17(2)8-13-9-18(3,10-17)11-19(13)16(20)15-7-12-5-4-6-14(12)21-15/h7,13H,4-6,8-11H2,1-3H3/t13-,18+/m0/s1. The molecule has 2 aliphatic carbocycles. The van der Waals surface area contributed by atoms with Crippen molar-refractivity contribution in [1.29, 1.82) is 0 Å². The fraction of sp³-hybridized carbons (Fsp3) is 0.722. The monoisotopic (exact) mass is 303 g/mol. The van der Waals surface area contributed by atoms with Gasteiger partial charge in [-0.3, -0.25) is 4.79 Å². The molecule has 2 bridgehead atoms. The quantitative estimate of drug-likeness (QED) is 0.758. The molecule has 21 heavy (non-hydrogen) atoms. The second-order valence-electron chi connectivity index (χ2n) is 8.56. The van der Waals surface area contributed by atoms with Gasteiger partial charge in [0.1, 0.15) is 0 Å². The number of carbonyl (C=O) groups is 1. The lowest BCUT2D eigenvalue weighted by Gasteiger charge is -2.39. The molecule has 1 aromatic rings. The van der Waals surface area contributed by atoms with Gasteiger partial charge in [-0.25, -0.2) is 0 Å². The second-order valence-corrected chi connectivity index (χ2v) is 9.70. The summed E-state index contributed by atoms with van der Waals surface area (Å²) >= 11 is 1.76. The highest BCUT2D eigenvalue weighted by Crippen LogP contribution is 2.52. The number of nitrogens with zero attached hydrogens (tertiary/aromatic N) is 1. The predicted octanol–water partition coefficient (Wildman–Crippen LogP) is 4.28. The molecule has 0 radical (unpaired) electrons. The summed E-state index contributed by atoms with van der Waals surface area (Å²) in [6.45, 7) is 8.07. The van der Waals surface area contributed by atoms with Gasteiger partial charge in [-0.05, 0) is 61.0 Å². The molecule has 3 heteroatoms. The zero-order valence-corrected chi connectivity index (χ0v) is 14.2. The van der Waals surface area contributed by atoms with E-state index >= 15 is 0 Å². The molecule has 114 valence electrons. The summed E-state index contributed by atoms with van der Waals surface area (Å²) in [7, 11) is 0. The van der Waals surface area contributed by atoms with E-state index in [-0.39, 0.29) is 0 Å². The normalized spacial score (nSPS) is 33.3. The Bertz CT molecular complexity index is 581. The molecule has 1 saturated carbocycles. The molecule has 1 amide bonds. The summed E-state index contributed by atoms with van der Waals surface area (Å²) in [6.07, 6.45) is 7.25. The molecular formula is C18H25NOS. The third-order valence-electron chi connectivity index (χ3n) is 5.63. The first-order valence-corrected chi connectivity index (χ1v) is 9.10. The van der Waals surface area contributed by atoms with Crippen LogP contribution in [0.2, 0.25) is 0 Å². The zero-order valence-electron chi connectivity index (χ0n) is 13.4. The van der Waals surface area contributed by atoms with Gasteiger partial charge in [-0.2, -0.15) is 0 Å². The van der Waals surface area contributed by atoms with Crippen LogP contribution in [0.15, 0.2) is 6.07 Å². The van der Waals surface area contributed by atoms with Gasteiger partial charge in [-0.15, -0.1) is 11.3 Å². The third kappa shape index (κ3) is 2.25. The summed E-state index contributed by atoms with van der Waals surface area (Å²) in [4.78, 5) is 17.6. The molecule has 3 aliphatic rings. The summed E-state index contributed by atoms with van der Waals surface area (Å²) in [5.74, 6) is 0.306. The largest absolute Gasteiger partial charge is 0.334 e. The van der Waals surface area contributed by atoms with Crippen LogP contribution in [0.5, 0.6) is 0 Å². The average Bonchev–Trinajstić information content (AvgIpc) is 2.97. The van der Waals surface area contributed by atoms with Gasteiger partial charge in [0.05, 0.1) is 4.88 Å². The minimum atomic E-state index is 0.306. The van der Waals surface area contributed by atoms with Crippen LogP contribution in [-0.2, 0) is 12.8 Å². The Morgan fingerprint density at radius 2 is 2.10 bits per heavy atom. The van der Waals surface area contributed by atoms with Crippen molar-refractivity contribution in [3.05, 3.63) is 21.4 Å². The topological polar surface area (TPSA) is 20.3 Å². The van der Waals surface area contributed by atoms with Crippen LogP contribution in [0, 0.1) is 10.8 Å². The van der Waals surface area contributed by atoms with Crippen LogP contribution in [0.1, 0.15) is 66.6 Å². The van der Waals surface area contributed by atoms with Gasteiger partial charge in [0.2, 0.25) is 0 Å². The maximum atomic E-state index is 13.0. The van der Waals surface area contributed by atoms with Crippen LogP contribution in [0.3, 0.4) is 0 Å². The smallest absolute Gasteiger partial charge is 0.264 e. The molecule has 1 aliphatic heterocycles. The van der Waals surface area contributed by atoms with Crippen molar-refractivity contribution in [1.82, 2.24) is 4.90 Å². The fourth-order valence-corrected chi connectivity index (χ4v) is 6.48. The highest BCUT2D eigenvalue weighted by molar-refractivity contribution is 7.14. The van der Waals surface area contributed by atoms with Crippen LogP contribution in [-0.4, -0.2) is 23.4 Å². The van der Waals surface area contributed by atoms with Gasteiger partial charge in [0, 0.05) is 17.5 Å². The number of carbonyl (C=O) groups excluding carboxylic acids is 1. The summed E-state index contributed by atoms with van der Waals surface area (Å²) in [5.41, 5.74) is 2.16. The van der Waals surface area contributed by atoms with Gasteiger partial charge in [0.15, 0.2) is 0 Å². The molecule has 2 fully saturated rings. The van der Waals surface area contributed by atoms with E-state index in [4.69, 9.17) is 0 Å². The van der Waals surface area contributed by atoms with E-state index in [0.717, 1.165) is 11.4 Å². The van der Waals surface area contributed by atoms with Crippen molar-refractivity contribution in [3.63, 3.8) is 0 Å². The van der Waals surface area contributed by atoms with Gasteiger partial charge >= 0.3 is 0 Å². The predicted molar refractivity (Wildman–Crippen MR) is 86.9 cm³/mol. The lowest BCUT2D eigenvalue weighted by atomic mass is 9.65. The lowest BCUT2D eigenvalue weighted by molar-refractivity contribution is 0.0713. The minimum Gasteiger partial charge on any atom is -0.334 e. The number of amides is 1. The Labute approximate surface area is 131 Å². The van der Waals surface area contributed by atoms with E-state index < -0.39 is 0 Å². The van der Waals surface area contributed by atoms with Crippen LogP contribution in [0.25, 0.3) is 0 Å². The molecule has 2 heterocycles. The van der Waals surface area contributed by atoms with Gasteiger partial charge in [-0.1, -0.05) is 20.8 Å². The average molecular weight is 303 g/mol. The maximum Gasteiger partial charge on any atom is 0.264 e. The van der Waals surface area contributed by atoms with Crippen LogP contribution >= 0.6 is 11.3 Å². The first-order valence-electron chi connectivity index (χ1n) is 8.28. The summed E-state index contributed by atoms with van der Waals surface area (Å²) < 4.78 is 0. The Morgan fingerprint density at radius 3 is 2.86 bits per heavy atom. The van der Waals surface area contributed by atoms with E-state index in [0.29, 0.717) is 22.8 Å². The minimum absolute atomic E-state index is 0.306. The zero-order chi connectivity index (χ0) is 14.8. The summed E-state index contributed by atoms with van der Waals surface area (Å²) in [6, 6.07) is 2.65. The van der Waals surface area contributed by atoms with E-state index in [1.165, 1.54) is 49.0 Å². The first kappa shape index (κ1) is 13.8. The van der Waals surface area contributed by atoms with Gasteiger partial charge < -0.3 is 4.90 Å². The van der Waals surface area contributed by atoms with E-state index in [1.807, 2.05) is 0 Å². The number of fused-ring (bicyclic) bond motifs is 3. The number of aryl methyl sites for hydroxylation is 2. The first-order chi connectivity index (χ1) is 9.85. The lowest BCUT2D eigenvalue weighted by Crippen LogP contribution is -2.37. The highest BCUT2D eigenvalue weighted by Gasteiger charge is 2.51. The highest BCUT2D eigenvalue weighted by atomic mass is 32.1. The number of rotatable bonds is 1. The van der Waals surface area contributed by atoms with Crippen LogP contribution < -0.4 is 0 Å². The molecule has 0 unspecified atom stereocenters. The summed E-state index contributed by atoms with van der Waals surface area (Å²) in [5, 5.41) is 0. The van der Waals surface area contributed by atoms with Crippen LogP contribution in [0.4, 0.5) is 0 Å². The van der Waals surface area contributed by atoms with Gasteiger partial charge in [0.25, 0.3) is 5.91 Å². The third-order valence-corrected chi connectivity index (χ3v) is 6.86. The molecule has 2 nitrogen and oxygen atoms in total. The molecule has 1 saturated heterocycles. The molecule has 0 spiro atoms. The van der Waals surface area contributed by atoms with Crippen molar-refractivity contribution in [2.75, 3.05) is 6.54 Å². The fourth-order valence-electron chi connectivity index (χ4n) is 5.27. The molecule has 0 aromatic carbocycles. The Kier molecular flexibility index (Phi) is 2.86. The Morgan fingerprint density at radius 1 is 1.29 bits per heavy atom. The van der Waals surface area contributed by atoms with E-state index in [1.54, 1.807) is 11.3 Å². The van der Waals surface area contributed by atoms with E-state index in [9.17, 15) is 4.79 Å². The molecule has 1 aromatic heterocycles. The molecule has 0 N–H and O–H groups in total. The Balaban J connectivity index is 1.60.